The Morgan fingerprint density at radius 1 is 1.08 bits per heavy atom. The molecule has 0 heterocycles. The number of benzene rings is 2. The predicted octanol–water partition coefficient (Wildman–Crippen LogP) is 3.73. The van der Waals surface area contributed by atoms with E-state index in [9.17, 15) is 14.3 Å². The summed E-state index contributed by atoms with van der Waals surface area (Å²) in [7, 11) is 0. The van der Waals surface area contributed by atoms with E-state index >= 15 is 0 Å². The predicted molar refractivity (Wildman–Crippen MR) is 93.2 cm³/mol. The zero-order chi connectivity index (χ0) is 17.5. The minimum atomic E-state index is -0.747. The van der Waals surface area contributed by atoms with Gasteiger partial charge in [0.2, 0.25) is 5.91 Å². The van der Waals surface area contributed by atoms with Crippen LogP contribution in [0.25, 0.3) is 0 Å². The molecule has 1 unspecified atom stereocenters. The summed E-state index contributed by atoms with van der Waals surface area (Å²) in [5.74, 6) is -0.0547. The molecule has 2 rings (SSSR count). The smallest absolute Gasteiger partial charge is 0.220 e. The molecule has 0 aliphatic rings. The van der Waals surface area contributed by atoms with E-state index < -0.39 is 6.10 Å². The highest BCUT2D eigenvalue weighted by Crippen LogP contribution is 2.18. The summed E-state index contributed by atoms with van der Waals surface area (Å²) in [5.41, 5.74) is 2.51. The van der Waals surface area contributed by atoms with Gasteiger partial charge in [-0.25, -0.2) is 4.39 Å². The van der Waals surface area contributed by atoms with E-state index in [1.54, 1.807) is 18.2 Å². The van der Waals surface area contributed by atoms with E-state index in [4.69, 9.17) is 0 Å². The SMILES string of the molecule is CC(C)c1ccc(C(O)CNC(=O)CCc2ccccc2F)cc1. The first-order chi connectivity index (χ1) is 11.5. The molecular weight excluding hydrogens is 305 g/mol. The summed E-state index contributed by atoms with van der Waals surface area (Å²) in [6.45, 7) is 4.37. The van der Waals surface area contributed by atoms with E-state index in [0.29, 0.717) is 17.9 Å². The molecule has 0 fully saturated rings. The van der Waals surface area contributed by atoms with Crippen LogP contribution < -0.4 is 5.32 Å². The summed E-state index contributed by atoms with van der Waals surface area (Å²) < 4.78 is 13.5. The maximum atomic E-state index is 13.5. The molecule has 0 radical (unpaired) electrons. The number of amides is 1. The largest absolute Gasteiger partial charge is 0.387 e. The number of aliphatic hydroxyl groups excluding tert-OH is 1. The first-order valence-electron chi connectivity index (χ1n) is 8.25. The molecule has 0 aliphatic heterocycles. The molecular formula is C20H24FNO2. The van der Waals surface area contributed by atoms with E-state index in [-0.39, 0.29) is 24.7 Å². The quantitative estimate of drug-likeness (QED) is 0.813. The third-order valence-corrected chi connectivity index (χ3v) is 4.06. The number of aryl methyl sites for hydroxylation is 1. The van der Waals surface area contributed by atoms with Crippen LogP contribution in [0.4, 0.5) is 4.39 Å². The zero-order valence-electron chi connectivity index (χ0n) is 14.1. The number of carbonyl (C=O) groups is 1. The maximum Gasteiger partial charge on any atom is 0.220 e. The Morgan fingerprint density at radius 2 is 1.71 bits per heavy atom. The molecule has 2 aromatic carbocycles. The van der Waals surface area contributed by atoms with Crippen molar-refractivity contribution in [3.05, 3.63) is 71.0 Å². The molecule has 2 N–H and O–H groups in total. The average molecular weight is 329 g/mol. The molecule has 0 aliphatic carbocycles. The van der Waals surface area contributed by atoms with Crippen molar-refractivity contribution in [1.82, 2.24) is 5.32 Å². The standard InChI is InChI=1S/C20H24FNO2/c1-14(2)15-7-9-17(10-8-15)19(23)13-22-20(24)12-11-16-5-3-4-6-18(16)21/h3-10,14,19,23H,11-13H2,1-2H3,(H,22,24). The fourth-order valence-corrected chi connectivity index (χ4v) is 2.47. The van der Waals surface area contributed by atoms with Crippen LogP contribution in [0.3, 0.4) is 0 Å². The number of hydrogen-bond acceptors (Lipinski definition) is 2. The Hall–Kier alpha value is -2.20. The normalized spacial score (nSPS) is 12.2. The average Bonchev–Trinajstić information content (AvgIpc) is 2.59. The number of hydrogen-bond donors (Lipinski definition) is 2. The lowest BCUT2D eigenvalue weighted by molar-refractivity contribution is -0.121. The van der Waals surface area contributed by atoms with Gasteiger partial charge in [-0.15, -0.1) is 0 Å². The molecule has 24 heavy (non-hydrogen) atoms. The number of rotatable bonds is 7. The molecule has 3 nitrogen and oxygen atoms in total. The Labute approximate surface area is 142 Å². The van der Waals surface area contributed by atoms with Crippen molar-refractivity contribution in [2.45, 2.75) is 38.7 Å². The fourth-order valence-electron chi connectivity index (χ4n) is 2.47. The molecule has 0 saturated heterocycles. The molecule has 0 bridgehead atoms. The van der Waals surface area contributed by atoms with Crippen LogP contribution in [-0.4, -0.2) is 17.6 Å². The fraction of sp³-hybridized carbons (Fsp3) is 0.350. The lowest BCUT2D eigenvalue weighted by Crippen LogP contribution is -2.28. The van der Waals surface area contributed by atoms with Crippen LogP contribution in [-0.2, 0) is 11.2 Å². The number of carbonyl (C=O) groups excluding carboxylic acids is 1. The molecule has 1 amide bonds. The van der Waals surface area contributed by atoms with Crippen LogP contribution in [0.15, 0.2) is 48.5 Å². The van der Waals surface area contributed by atoms with Gasteiger partial charge in [-0.05, 0) is 35.1 Å². The van der Waals surface area contributed by atoms with Crippen LogP contribution in [0, 0.1) is 5.82 Å². The van der Waals surface area contributed by atoms with E-state index in [0.717, 1.165) is 5.56 Å². The molecule has 4 heteroatoms. The second-order valence-corrected chi connectivity index (χ2v) is 6.23. The van der Waals surface area contributed by atoms with Gasteiger partial charge in [0, 0.05) is 13.0 Å². The molecule has 0 saturated carbocycles. The topological polar surface area (TPSA) is 49.3 Å². The van der Waals surface area contributed by atoms with Crippen molar-refractivity contribution in [3.8, 4) is 0 Å². The van der Waals surface area contributed by atoms with Crippen molar-refractivity contribution in [2.75, 3.05) is 6.54 Å². The number of nitrogens with one attached hydrogen (secondary N) is 1. The highest BCUT2D eigenvalue weighted by molar-refractivity contribution is 5.76. The van der Waals surface area contributed by atoms with Crippen LogP contribution >= 0.6 is 0 Å². The minimum Gasteiger partial charge on any atom is -0.387 e. The molecule has 0 spiro atoms. The van der Waals surface area contributed by atoms with Gasteiger partial charge in [0.05, 0.1) is 6.10 Å². The van der Waals surface area contributed by atoms with E-state index in [2.05, 4.69) is 19.2 Å². The summed E-state index contributed by atoms with van der Waals surface area (Å²) in [5, 5.41) is 12.9. The molecule has 2 aromatic rings. The van der Waals surface area contributed by atoms with Gasteiger partial charge >= 0.3 is 0 Å². The number of aliphatic hydroxyl groups is 1. The number of halogens is 1. The van der Waals surface area contributed by atoms with Crippen molar-refractivity contribution >= 4 is 5.91 Å². The Balaban J connectivity index is 1.79. The minimum absolute atomic E-state index is 0.150. The second kappa shape index (κ2) is 8.60. The molecule has 0 aromatic heterocycles. The maximum absolute atomic E-state index is 13.5. The van der Waals surface area contributed by atoms with Gasteiger partial charge in [0.1, 0.15) is 5.82 Å². The lowest BCUT2D eigenvalue weighted by Gasteiger charge is -2.14. The highest BCUT2D eigenvalue weighted by atomic mass is 19.1. The highest BCUT2D eigenvalue weighted by Gasteiger charge is 2.11. The van der Waals surface area contributed by atoms with Gasteiger partial charge in [-0.3, -0.25) is 4.79 Å². The van der Waals surface area contributed by atoms with Crippen LogP contribution in [0.5, 0.6) is 0 Å². The van der Waals surface area contributed by atoms with Crippen molar-refractivity contribution in [3.63, 3.8) is 0 Å². The first-order valence-corrected chi connectivity index (χ1v) is 8.25. The van der Waals surface area contributed by atoms with Gasteiger partial charge in [-0.2, -0.15) is 0 Å². The second-order valence-electron chi connectivity index (χ2n) is 6.23. The summed E-state index contributed by atoms with van der Waals surface area (Å²) >= 11 is 0. The van der Waals surface area contributed by atoms with Gasteiger partial charge < -0.3 is 10.4 Å². The summed E-state index contributed by atoms with van der Waals surface area (Å²) in [6.07, 6.45) is -0.207. The van der Waals surface area contributed by atoms with Gasteiger partial charge in [0.25, 0.3) is 0 Å². The van der Waals surface area contributed by atoms with E-state index in [1.807, 2.05) is 24.3 Å². The first kappa shape index (κ1) is 18.1. The van der Waals surface area contributed by atoms with Crippen LogP contribution in [0.2, 0.25) is 0 Å². The third-order valence-electron chi connectivity index (χ3n) is 4.06. The third kappa shape index (κ3) is 5.17. The zero-order valence-corrected chi connectivity index (χ0v) is 14.1. The summed E-state index contributed by atoms with van der Waals surface area (Å²) in [4.78, 5) is 11.9. The van der Waals surface area contributed by atoms with Crippen molar-refractivity contribution < 1.29 is 14.3 Å². The Bertz CT molecular complexity index is 668. The van der Waals surface area contributed by atoms with E-state index in [1.165, 1.54) is 11.6 Å². The molecule has 1 atom stereocenters. The van der Waals surface area contributed by atoms with Crippen molar-refractivity contribution in [1.29, 1.82) is 0 Å². The monoisotopic (exact) mass is 329 g/mol. The van der Waals surface area contributed by atoms with Crippen LogP contribution in [0.1, 0.15) is 49.0 Å². The van der Waals surface area contributed by atoms with Crippen molar-refractivity contribution in [2.24, 2.45) is 0 Å². The van der Waals surface area contributed by atoms with Gasteiger partial charge in [-0.1, -0.05) is 56.3 Å². The lowest BCUT2D eigenvalue weighted by atomic mass is 10.00. The Morgan fingerprint density at radius 3 is 2.33 bits per heavy atom. The Kier molecular flexibility index (Phi) is 6.50. The molecule has 128 valence electrons. The van der Waals surface area contributed by atoms with Gasteiger partial charge in [0.15, 0.2) is 0 Å². The summed E-state index contributed by atoms with van der Waals surface area (Å²) in [6, 6.07) is 14.2.